The molecule has 0 radical (unpaired) electrons. The molecule has 0 aliphatic heterocycles. The van der Waals surface area contributed by atoms with Crippen LogP contribution in [0, 0.1) is 0 Å². The molecule has 0 aromatic heterocycles. The van der Waals surface area contributed by atoms with E-state index < -0.39 is 7.60 Å². The van der Waals surface area contributed by atoms with Crippen molar-refractivity contribution < 1.29 is 13.6 Å². The van der Waals surface area contributed by atoms with Crippen LogP contribution in [0.3, 0.4) is 0 Å². The van der Waals surface area contributed by atoms with Crippen LogP contribution in [0.5, 0.6) is 11.5 Å². The molecular weight excluding hydrogens is 439 g/mol. The Bertz CT molecular complexity index is 1050. The second-order valence-electron chi connectivity index (χ2n) is 9.76. The minimum atomic E-state index is -3.67. The summed E-state index contributed by atoms with van der Waals surface area (Å²) in [6.45, 7) is 0. The zero-order valence-electron chi connectivity index (χ0n) is 19.9. The van der Waals surface area contributed by atoms with Crippen LogP contribution in [0.1, 0.15) is 87.2 Å². The van der Waals surface area contributed by atoms with Gasteiger partial charge in [-0.1, -0.05) is 93.1 Å². The van der Waals surface area contributed by atoms with Crippen LogP contribution in [0.4, 0.5) is 0 Å². The summed E-state index contributed by atoms with van der Waals surface area (Å²) in [5.41, 5.74) is 2.31. The third-order valence-corrected chi connectivity index (χ3v) is 9.24. The molecule has 2 saturated carbocycles. The predicted molar refractivity (Wildman–Crippen MR) is 139 cm³/mol. The van der Waals surface area contributed by atoms with Gasteiger partial charge in [0.25, 0.3) is 0 Å². The summed E-state index contributed by atoms with van der Waals surface area (Å²) in [5, 5.41) is 0.590. The summed E-state index contributed by atoms with van der Waals surface area (Å²) in [7, 11) is -3.67. The van der Waals surface area contributed by atoms with Crippen molar-refractivity contribution >= 4 is 12.9 Å². The van der Waals surface area contributed by atoms with E-state index in [2.05, 4.69) is 24.3 Å². The van der Waals surface area contributed by atoms with Gasteiger partial charge in [-0.2, -0.15) is 0 Å². The van der Waals surface area contributed by atoms with Crippen molar-refractivity contribution in [3.8, 4) is 11.5 Å². The van der Waals surface area contributed by atoms with Crippen LogP contribution >= 0.6 is 7.60 Å². The zero-order chi connectivity index (χ0) is 23.2. The van der Waals surface area contributed by atoms with Crippen LogP contribution in [-0.2, 0) is 4.57 Å². The van der Waals surface area contributed by atoms with Crippen molar-refractivity contribution in [2.45, 2.75) is 76.0 Å². The molecule has 0 amide bonds. The van der Waals surface area contributed by atoms with Gasteiger partial charge in [-0.3, -0.25) is 0 Å². The van der Waals surface area contributed by atoms with Crippen LogP contribution < -0.4 is 14.4 Å². The smallest absolute Gasteiger partial charge is 0.413 e. The highest BCUT2D eigenvalue weighted by Gasteiger charge is 2.34. The second-order valence-corrected chi connectivity index (χ2v) is 11.6. The molecule has 178 valence electrons. The number of rotatable bonds is 7. The van der Waals surface area contributed by atoms with Gasteiger partial charge in [-0.05, 0) is 72.9 Å². The summed E-state index contributed by atoms with van der Waals surface area (Å²) in [5.74, 6) is 2.28. The van der Waals surface area contributed by atoms with Gasteiger partial charge in [0.05, 0.1) is 5.30 Å². The first-order chi connectivity index (χ1) is 16.7. The lowest BCUT2D eigenvalue weighted by molar-refractivity contribution is 0.381. The lowest BCUT2D eigenvalue weighted by Gasteiger charge is -2.28. The van der Waals surface area contributed by atoms with Gasteiger partial charge in [0.2, 0.25) is 0 Å². The first-order valence-electron chi connectivity index (χ1n) is 13.0. The lowest BCUT2D eigenvalue weighted by atomic mass is 9.84. The summed E-state index contributed by atoms with van der Waals surface area (Å²) >= 11 is 0. The molecular formula is C30H35O3P. The van der Waals surface area contributed by atoms with Crippen molar-refractivity contribution in [2.24, 2.45) is 0 Å². The molecule has 2 aliphatic carbocycles. The fourth-order valence-electron chi connectivity index (χ4n) is 5.62. The Labute approximate surface area is 204 Å². The van der Waals surface area contributed by atoms with Gasteiger partial charge in [0.1, 0.15) is 11.5 Å². The van der Waals surface area contributed by atoms with Gasteiger partial charge >= 0.3 is 7.60 Å². The molecule has 3 nitrogen and oxygen atoms in total. The molecule has 0 atom stereocenters. The summed E-state index contributed by atoms with van der Waals surface area (Å²) in [4.78, 5) is 0. The van der Waals surface area contributed by atoms with Gasteiger partial charge in [-0.25, -0.2) is 4.57 Å². The Morgan fingerprint density at radius 1 is 0.529 bits per heavy atom. The van der Waals surface area contributed by atoms with Crippen molar-refractivity contribution in [3.63, 3.8) is 0 Å². The number of benzene rings is 3. The molecule has 0 heterocycles. The molecule has 2 aliphatic rings. The molecule has 0 N–H and O–H groups in total. The Morgan fingerprint density at radius 3 is 1.41 bits per heavy atom. The monoisotopic (exact) mass is 474 g/mol. The third-order valence-electron chi connectivity index (χ3n) is 7.44. The van der Waals surface area contributed by atoms with E-state index in [9.17, 15) is 4.57 Å². The second kappa shape index (κ2) is 10.8. The lowest BCUT2D eigenvalue weighted by Crippen LogP contribution is -2.17. The van der Waals surface area contributed by atoms with E-state index >= 15 is 0 Å². The van der Waals surface area contributed by atoms with Crippen molar-refractivity contribution in [1.29, 1.82) is 0 Å². The van der Waals surface area contributed by atoms with E-state index in [1.54, 1.807) is 0 Å². The first kappa shape index (κ1) is 23.2. The van der Waals surface area contributed by atoms with E-state index in [1.165, 1.54) is 38.5 Å². The predicted octanol–water partition coefficient (Wildman–Crippen LogP) is 8.76. The van der Waals surface area contributed by atoms with E-state index in [0.29, 0.717) is 28.6 Å². The SMILES string of the molecule is O=P(Oc1ccccc1C1CCCCC1)(Oc1ccccc1C1CCCCC1)c1ccccc1. The maximum atomic E-state index is 14.6. The average Bonchev–Trinajstić information content (AvgIpc) is 2.91. The molecule has 3 aromatic carbocycles. The molecule has 3 aromatic rings. The standard InChI is InChI=1S/C30H35O3P/c31-34(26-18-8-3-9-19-26,32-29-22-12-10-20-27(29)24-14-4-1-5-15-24)33-30-23-13-11-21-28(30)25-16-6-2-7-17-25/h3,8-13,18-25H,1-2,4-7,14-17H2. The van der Waals surface area contributed by atoms with E-state index in [-0.39, 0.29) is 0 Å². The maximum Gasteiger partial charge on any atom is 0.462 e. The highest BCUT2D eigenvalue weighted by Crippen LogP contribution is 2.52. The van der Waals surface area contributed by atoms with Gasteiger partial charge in [-0.15, -0.1) is 0 Å². The minimum Gasteiger partial charge on any atom is -0.413 e. The van der Waals surface area contributed by atoms with E-state index in [0.717, 1.165) is 36.8 Å². The first-order valence-corrected chi connectivity index (χ1v) is 14.5. The van der Waals surface area contributed by atoms with Gasteiger partial charge < -0.3 is 9.05 Å². The summed E-state index contributed by atoms with van der Waals surface area (Å²) < 4.78 is 27.5. The highest BCUT2D eigenvalue weighted by atomic mass is 31.2. The van der Waals surface area contributed by atoms with Crippen LogP contribution in [0.2, 0.25) is 0 Å². The minimum absolute atomic E-state index is 0.448. The molecule has 5 rings (SSSR count). The Morgan fingerprint density at radius 2 is 0.941 bits per heavy atom. The largest absolute Gasteiger partial charge is 0.462 e. The molecule has 0 spiro atoms. The van der Waals surface area contributed by atoms with Gasteiger partial charge in [0, 0.05) is 0 Å². The van der Waals surface area contributed by atoms with E-state index in [4.69, 9.17) is 9.05 Å². The Balaban J connectivity index is 1.51. The Kier molecular flexibility index (Phi) is 7.40. The fourth-order valence-corrected chi connectivity index (χ4v) is 7.26. The number of para-hydroxylation sites is 2. The summed E-state index contributed by atoms with van der Waals surface area (Å²) in [6.07, 6.45) is 12.2. The number of hydrogen-bond acceptors (Lipinski definition) is 3. The average molecular weight is 475 g/mol. The van der Waals surface area contributed by atoms with Gasteiger partial charge in [0.15, 0.2) is 0 Å². The van der Waals surface area contributed by atoms with Crippen LogP contribution in [0.25, 0.3) is 0 Å². The van der Waals surface area contributed by atoms with Crippen LogP contribution in [0.15, 0.2) is 78.9 Å². The van der Waals surface area contributed by atoms with Crippen molar-refractivity contribution in [1.82, 2.24) is 0 Å². The van der Waals surface area contributed by atoms with Crippen molar-refractivity contribution in [2.75, 3.05) is 0 Å². The zero-order valence-corrected chi connectivity index (χ0v) is 20.8. The molecule has 0 bridgehead atoms. The normalized spacial score (nSPS) is 17.9. The maximum absolute atomic E-state index is 14.6. The molecule has 0 saturated heterocycles. The topological polar surface area (TPSA) is 35.5 Å². The molecule has 34 heavy (non-hydrogen) atoms. The molecule has 4 heteroatoms. The quantitative estimate of drug-likeness (QED) is 0.321. The third kappa shape index (κ3) is 5.26. The molecule has 0 unspecified atom stereocenters. The fraction of sp³-hybridized carbons (Fsp3) is 0.400. The Hall–Kier alpha value is -2.51. The summed E-state index contributed by atoms with van der Waals surface area (Å²) in [6, 6.07) is 25.7. The van der Waals surface area contributed by atoms with Crippen LogP contribution in [-0.4, -0.2) is 0 Å². The van der Waals surface area contributed by atoms with E-state index in [1.807, 2.05) is 54.6 Å². The highest BCUT2D eigenvalue weighted by molar-refractivity contribution is 7.63. The number of hydrogen-bond donors (Lipinski definition) is 0. The van der Waals surface area contributed by atoms with Crippen molar-refractivity contribution in [3.05, 3.63) is 90.0 Å². The molecule has 2 fully saturated rings.